The Bertz CT molecular complexity index is 729. The van der Waals surface area contributed by atoms with Crippen LogP contribution in [0.2, 0.25) is 0 Å². The van der Waals surface area contributed by atoms with Gasteiger partial charge in [-0.15, -0.1) is 0 Å². The summed E-state index contributed by atoms with van der Waals surface area (Å²) in [5, 5.41) is 0. The number of nitrogens with zero attached hydrogens (tertiary/aromatic N) is 3. The maximum Gasteiger partial charge on any atom is 0.433 e. The third kappa shape index (κ3) is 6.07. The van der Waals surface area contributed by atoms with Crippen LogP contribution in [0.3, 0.4) is 0 Å². The second-order valence-electron chi connectivity index (χ2n) is 5.75. The van der Waals surface area contributed by atoms with Crippen LogP contribution in [0.5, 0.6) is 5.88 Å². The van der Waals surface area contributed by atoms with Crippen LogP contribution in [0.1, 0.15) is 44.0 Å². The summed E-state index contributed by atoms with van der Waals surface area (Å²) in [7, 11) is 0. The smallest absolute Gasteiger partial charge is 0.433 e. The zero-order valence-electron chi connectivity index (χ0n) is 14.4. The molecule has 2 rings (SSSR count). The van der Waals surface area contributed by atoms with E-state index in [2.05, 4.69) is 21.9 Å². The normalized spacial score (nSPS) is 12.3. The molecule has 2 aromatic rings. The summed E-state index contributed by atoms with van der Waals surface area (Å²) in [4.78, 5) is 10.3. The molecule has 10 heteroatoms. The van der Waals surface area contributed by atoms with E-state index in [1.54, 1.807) is 0 Å². The molecule has 0 fully saturated rings. The third-order valence-electron chi connectivity index (χ3n) is 3.54. The molecule has 0 bridgehead atoms. The van der Waals surface area contributed by atoms with Crippen molar-refractivity contribution in [3.8, 4) is 17.3 Å². The topological polar surface area (TPSA) is 47.9 Å². The highest BCUT2D eigenvalue weighted by Gasteiger charge is 2.39. The van der Waals surface area contributed by atoms with E-state index < -0.39 is 29.3 Å². The fraction of sp³-hybridized carbons (Fsp3) is 0.471. The zero-order chi connectivity index (χ0) is 20.1. The Morgan fingerprint density at radius 2 is 1.52 bits per heavy atom. The second kappa shape index (κ2) is 8.53. The number of hydrogen-bond donors (Lipinski definition) is 0. The number of pyridine rings is 1. The molecule has 0 N–H and O–H groups in total. The Balaban J connectivity index is 2.30. The number of rotatable bonds is 7. The van der Waals surface area contributed by atoms with Gasteiger partial charge in [-0.05, 0) is 18.6 Å². The van der Waals surface area contributed by atoms with Crippen molar-refractivity contribution in [1.29, 1.82) is 0 Å². The van der Waals surface area contributed by atoms with Crippen molar-refractivity contribution in [3.63, 3.8) is 0 Å². The molecule has 0 saturated heterocycles. The van der Waals surface area contributed by atoms with E-state index in [1.807, 2.05) is 0 Å². The van der Waals surface area contributed by atoms with Crippen molar-refractivity contribution in [2.75, 3.05) is 6.61 Å². The first-order valence-corrected chi connectivity index (χ1v) is 8.24. The number of halogens is 6. The summed E-state index contributed by atoms with van der Waals surface area (Å²) in [6.07, 6.45) is -5.07. The van der Waals surface area contributed by atoms with Crippen molar-refractivity contribution >= 4 is 0 Å². The van der Waals surface area contributed by atoms with Gasteiger partial charge in [0, 0.05) is 17.8 Å². The maximum atomic E-state index is 12.9. The Kier molecular flexibility index (Phi) is 6.61. The van der Waals surface area contributed by atoms with E-state index in [9.17, 15) is 26.3 Å². The van der Waals surface area contributed by atoms with E-state index in [-0.39, 0.29) is 11.7 Å². The predicted octanol–water partition coefficient (Wildman–Crippen LogP) is 5.54. The molecular weight excluding hydrogens is 376 g/mol. The minimum atomic E-state index is -5.04. The van der Waals surface area contributed by atoms with E-state index in [1.165, 1.54) is 12.3 Å². The lowest BCUT2D eigenvalue weighted by atomic mass is 10.1. The molecule has 0 atom stereocenters. The van der Waals surface area contributed by atoms with Gasteiger partial charge in [0.25, 0.3) is 0 Å². The molecule has 2 aromatic heterocycles. The molecule has 0 amide bonds. The van der Waals surface area contributed by atoms with Crippen molar-refractivity contribution in [1.82, 2.24) is 15.0 Å². The van der Waals surface area contributed by atoms with Crippen LogP contribution in [0.15, 0.2) is 24.4 Å². The van der Waals surface area contributed by atoms with Gasteiger partial charge in [0.05, 0.1) is 6.61 Å². The highest BCUT2D eigenvalue weighted by atomic mass is 19.4. The van der Waals surface area contributed by atoms with Crippen molar-refractivity contribution < 1.29 is 31.1 Å². The summed E-state index contributed by atoms with van der Waals surface area (Å²) >= 11 is 0. The van der Waals surface area contributed by atoms with Gasteiger partial charge in [0.2, 0.25) is 5.88 Å². The number of aromatic nitrogens is 3. The molecule has 0 aliphatic rings. The average molecular weight is 393 g/mol. The molecule has 148 valence electrons. The standard InChI is InChI=1S/C17H17F6N3O/c1-2-3-4-5-8-27-14-6-7-24-15(26-14)11-9-12(16(18,19)20)25-13(10-11)17(21,22)23/h6-7,9-10H,2-5,8H2,1H3. The van der Waals surface area contributed by atoms with Crippen LogP contribution in [0.4, 0.5) is 26.3 Å². The lowest BCUT2D eigenvalue weighted by Gasteiger charge is -2.13. The van der Waals surface area contributed by atoms with Crippen LogP contribution in [0, 0.1) is 0 Å². The number of ether oxygens (including phenoxy) is 1. The van der Waals surface area contributed by atoms with Gasteiger partial charge in [-0.25, -0.2) is 9.97 Å². The molecule has 4 nitrogen and oxygen atoms in total. The van der Waals surface area contributed by atoms with Gasteiger partial charge < -0.3 is 4.74 Å². The minimum Gasteiger partial charge on any atom is -0.478 e. The summed E-state index contributed by atoms with van der Waals surface area (Å²) in [6.45, 7) is 2.39. The van der Waals surface area contributed by atoms with Gasteiger partial charge in [-0.3, -0.25) is 0 Å². The van der Waals surface area contributed by atoms with E-state index in [4.69, 9.17) is 4.74 Å². The summed E-state index contributed by atoms with van der Waals surface area (Å²) in [5.41, 5.74) is -3.77. The molecule has 0 radical (unpaired) electrons. The SMILES string of the molecule is CCCCCCOc1ccnc(-c2cc(C(F)(F)F)nc(C(F)(F)F)c2)n1. The first kappa shape index (κ1) is 20.9. The van der Waals surface area contributed by atoms with E-state index in [0.717, 1.165) is 25.7 Å². The number of hydrogen-bond acceptors (Lipinski definition) is 4. The first-order valence-electron chi connectivity index (χ1n) is 8.24. The monoisotopic (exact) mass is 393 g/mol. The van der Waals surface area contributed by atoms with Gasteiger partial charge in [-0.2, -0.15) is 31.3 Å². The van der Waals surface area contributed by atoms with Gasteiger partial charge >= 0.3 is 12.4 Å². The lowest BCUT2D eigenvalue weighted by molar-refractivity contribution is -0.150. The molecular formula is C17H17F6N3O. The minimum absolute atomic E-state index is 0.0791. The Morgan fingerprint density at radius 3 is 2.07 bits per heavy atom. The van der Waals surface area contributed by atoms with Gasteiger partial charge in [0.1, 0.15) is 11.4 Å². The Hall–Kier alpha value is -2.39. The second-order valence-corrected chi connectivity index (χ2v) is 5.75. The molecule has 2 heterocycles. The van der Waals surface area contributed by atoms with E-state index in [0.29, 0.717) is 18.7 Å². The fourth-order valence-corrected chi connectivity index (χ4v) is 2.22. The zero-order valence-corrected chi connectivity index (χ0v) is 14.4. The van der Waals surface area contributed by atoms with Crippen LogP contribution in [-0.4, -0.2) is 21.6 Å². The molecule has 0 aliphatic heterocycles. The maximum absolute atomic E-state index is 12.9. The molecule has 27 heavy (non-hydrogen) atoms. The first-order chi connectivity index (χ1) is 12.6. The Labute approximate surface area is 151 Å². The van der Waals surface area contributed by atoms with Gasteiger partial charge in [-0.1, -0.05) is 26.2 Å². The van der Waals surface area contributed by atoms with Crippen LogP contribution >= 0.6 is 0 Å². The number of alkyl halides is 6. The molecule has 0 aliphatic carbocycles. The number of unbranched alkanes of at least 4 members (excludes halogenated alkanes) is 3. The molecule has 0 unspecified atom stereocenters. The Morgan fingerprint density at radius 1 is 0.889 bits per heavy atom. The highest BCUT2D eigenvalue weighted by molar-refractivity contribution is 5.57. The average Bonchev–Trinajstić information content (AvgIpc) is 2.60. The van der Waals surface area contributed by atoms with Crippen molar-refractivity contribution in [2.45, 2.75) is 45.0 Å². The molecule has 0 saturated carbocycles. The summed E-state index contributed by atoms with van der Waals surface area (Å²) < 4.78 is 82.8. The predicted molar refractivity (Wildman–Crippen MR) is 84.9 cm³/mol. The quantitative estimate of drug-likeness (QED) is 0.458. The molecule has 0 aromatic carbocycles. The summed E-state index contributed by atoms with van der Waals surface area (Å²) in [5.74, 6) is -0.227. The fourth-order valence-electron chi connectivity index (χ4n) is 2.22. The van der Waals surface area contributed by atoms with Crippen LogP contribution in [-0.2, 0) is 12.4 Å². The van der Waals surface area contributed by atoms with Crippen LogP contribution < -0.4 is 4.74 Å². The van der Waals surface area contributed by atoms with E-state index >= 15 is 0 Å². The lowest BCUT2D eigenvalue weighted by Crippen LogP contribution is -2.15. The van der Waals surface area contributed by atoms with Crippen molar-refractivity contribution in [3.05, 3.63) is 35.8 Å². The highest BCUT2D eigenvalue weighted by Crippen LogP contribution is 2.35. The largest absolute Gasteiger partial charge is 0.478 e. The summed E-state index contributed by atoms with van der Waals surface area (Å²) in [6, 6.07) is 2.35. The van der Waals surface area contributed by atoms with Crippen LogP contribution in [0.25, 0.3) is 11.4 Å². The van der Waals surface area contributed by atoms with Gasteiger partial charge in [0.15, 0.2) is 5.82 Å². The van der Waals surface area contributed by atoms with Crippen molar-refractivity contribution in [2.24, 2.45) is 0 Å². The molecule has 0 spiro atoms. The third-order valence-corrected chi connectivity index (χ3v) is 3.54.